The van der Waals surface area contributed by atoms with Crippen molar-refractivity contribution in [2.45, 2.75) is 38.5 Å². The second-order valence-electron chi connectivity index (χ2n) is 4.82. The molecule has 4 nitrogen and oxygen atoms in total. The van der Waals surface area contributed by atoms with E-state index in [0.29, 0.717) is 12.1 Å². The van der Waals surface area contributed by atoms with Gasteiger partial charge in [0.25, 0.3) is 0 Å². The molecule has 0 spiro atoms. The molecule has 102 valence electrons. The van der Waals surface area contributed by atoms with E-state index in [0.717, 1.165) is 37.3 Å². The van der Waals surface area contributed by atoms with Crippen LogP contribution in [0.15, 0.2) is 24.3 Å². The average molecular weight is 260 g/mol. The van der Waals surface area contributed by atoms with E-state index in [2.05, 4.69) is 18.3 Å². The summed E-state index contributed by atoms with van der Waals surface area (Å²) in [5.41, 5.74) is 1.15. The van der Waals surface area contributed by atoms with E-state index in [-0.39, 0.29) is 6.61 Å². The van der Waals surface area contributed by atoms with E-state index < -0.39 is 0 Å². The Balaban J connectivity index is 1.83. The summed E-state index contributed by atoms with van der Waals surface area (Å²) in [4.78, 5) is 0. The number of hydrogen-bond acceptors (Lipinski definition) is 4. The first-order valence-corrected chi connectivity index (χ1v) is 6.73. The Hall–Kier alpha value is -1.57. The monoisotopic (exact) mass is 260 g/mol. The molecule has 1 N–H and O–H groups in total. The Morgan fingerprint density at radius 3 is 3.21 bits per heavy atom. The molecule has 0 aromatic heterocycles. The van der Waals surface area contributed by atoms with Crippen molar-refractivity contribution < 1.29 is 9.47 Å². The molecular weight excluding hydrogens is 240 g/mol. The minimum absolute atomic E-state index is 0.0865. The highest BCUT2D eigenvalue weighted by atomic mass is 16.5. The van der Waals surface area contributed by atoms with Gasteiger partial charge in [0.05, 0.1) is 6.10 Å². The molecule has 1 aromatic carbocycles. The van der Waals surface area contributed by atoms with Crippen LogP contribution < -0.4 is 10.1 Å². The molecule has 1 aromatic rings. The van der Waals surface area contributed by atoms with E-state index in [9.17, 15) is 0 Å². The summed E-state index contributed by atoms with van der Waals surface area (Å²) in [6.45, 7) is 3.91. The summed E-state index contributed by atoms with van der Waals surface area (Å²) >= 11 is 0. The van der Waals surface area contributed by atoms with Crippen LogP contribution in [-0.4, -0.2) is 25.4 Å². The fourth-order valence-corrected chi connectivity index (χ4v) is 2.27. The van der Waals surface area contributed by atoms with E-state index >= 15 is 0 Å². The molecule has 2 atom stereocenters. The number of nitriles is 1. The van der Waals surface area contributed by atoms with Crippen LogP contribution in [-0.2, 0) is 11.3 Å². The third kappa shape index (κ3) is 4.23. The number of nitrogens with zero attached hydrogens (tertiary/aromatic N) is 1. The van der Waals surface area contributed by atoms with Crippen molar-refractivity contribution in [1.29, 1.82) is 5.26 Å². The fourth-order valence-electron chi connectivity index (χ4n) is 2.27. The first-order chi connectivity index (χ1) is 9.29. The number of rotatable bonds is 6. The predicted molar refractivity (Wildman–Crippen MR) is 72.8 cm³/mol. The highest BCUT2D eigenvalue weighted by Gasteiger charge is 2.21. The van der Waals surface area contributed by atoms with Gasteiger partial charge in [0.2, 0.25) is 0 Å². The zero-order chi connectivity index (χ0) is 13.5. The SMILES string of the molecule is CC(NCc1cccc(OCC#N)c1)C1CCCO1. The average Bonchev–Trinajstić information content (AvgIpc) is 2.97. The molecule has 0 bridgehead atoms. The third-order valence-corrected chi connectivity index (χ3v) is 3.35. The number of benzene rings is 1. The molecule has 1 aliphatic heterocycles. The molecule has 0 aliphatic carbocycles. The lowest BCUT2D eigenvalue weighted by molar-refractivity contribution is 0.0832. The largest absolute Gasteiger partial charge is 0.479 e. The van der Waals surface area contributed by atoms with Crippen molar-refractivity contribution in [2.75, 3.05) is 13.2 Å². The van der Waals surface area contributed by atoms with Gasteiger partial charge in [-0.1, -0.05) is 12.1 Å². The normalized spacial score (nSPS) is 19.9. The van der Waals surface area contributed by atoms with E-state index in [1.165, 1.54) is 0 Å². The number of nitrogens with one attached hydrogen (secondary N) is 1. The Morgan fingerprint density at radius 1 is 1.58 bits per heavy atom. The van der Waals surface area contributed by atoms with Gasteiger partial charge in [-0.05, 0) is 37.5 Å². The van der Waals surface area contributed by atoms with Crippen molar-refractivity contribution in [1.82, 2.24) is 5.32 Å². The predicted octanol–water partition coefficient (Wildman–Crippen LogP) is 2.25. The number of hydrogen-bond donors (Lipinski definition) is 1. The summed E-state index contributed by atoms with van der Waals surface area (Å²) < 4.78 is 10.9. The second kappa shape index (κ2) is 7.13. The van der Waals surface area contributed by atoms with E-state index in [1.54, 1.807) is 0 Å². The molecule has 2 unspecified atom stereocenters. The van der Waals surface area contributed by atoms with Crippen molar-refractivity contribution in [3.8, 4) is 11.8 Å². The molecule has 0 radical (unpaired) electrons. The maximum atomic E-state index is 8.49. The standard InChI is InChI=1S/C15H20N2O2/c1-12(15-6-3-8-19-15)17-11-13-4-2-5-14(10-13)18-9-7-16/h2,4-5,10,12,15,17H,3,6,8-9,11H2,1H3. The molecule has 19 heavy (non-hydrogen) atoms. The van der Waals surface area contributed by atoms with Crippen molar-refractivity contribution in [2.24, 2.45) is 0 Å². The van der Waals surface area contributed by atoms with Gasteiger partial charge >= 0.3 is 0 Å². The summed E-state index contributed by atoms with van der Waals surface area (Å²) in [6, 6.07) is 10.1. The van der Waals surface area contributed by atoms with Crippen LogP contribution in [0.2, 0.25) is 0 Å². The van der Waals surface area contributed by atoms with Crippen LogP contribution in [0.3, 0.4) is 0 Å². The molecule has 4 heteroatoms. The van der Waals surface area contributed by atoms with Gasteiger partial charge in [0.1, 0.15) is 11.8 Å². The van der Waals surface area contributed by atoms with Gasteiger partial charge < -0.3 is 14.8 Å². The highest BCUT2D eigenvalue weighted by molar-refractivity contribution is 5.28. The van der Waals surface area contributed by atoms with Crippen LogP contribution >= 0.6 is 0 Å². The molecule has 0 amide bonds. The zero-order valence-electron chi connectivity index (χ0n) is 11.3. The van der Waals surface area contributed by atoms with E-state index in [4.69, 9.17) is 14.7 Å². The Kier molecular flexibility index (Phi) is 5.20. The molecule has 2 rings (SSSR count). The number of ether oxygens (including phenoxy) is 2. The minimum Gasteiger partial charge on any atom is -0.479 e. The Bertz CT molecular complexity index is 436. The van der Waals surface area contributed by atoms with Gasteiger partial charge in [-0.2, -0.15) is 5.26 Å². The molecule has 0 saturated carbocycles. The van der Waals surface area contributed by atoms with Crippen LogP contribution in [0.4, 0.5) is 0 Å². The van der Waals surface area contributed by atoms with Gasteiger partial charge in [0, 0.05) is 19.2 Å². The van der Waals surface area contributed by atoms with Crippen LogP contribution in [0.25, 0.3) is 0 Å². The molecule has 1 heterocycles. The maximum Gasteiger partial charge on any atom is 0.174 e. The maximum absolute atomic E-state index is 8.49. The van der Waals surface area contributed by atoms with Crippen molar-refractivity contribution in [3.05, 3.63) is 29.8 Å². The molecular formula is C15H20N2O2. The lowest BCUT2D eigenvalue weighted by atomic mass is 10.1. The molecule has 1 fully saturated rings. The second-order valence-corrected chi connectivity index (χ2v) is 4.82. The van der Waals surface area contributed by atoms with Crippen LogP contribution in [0, 0.1) is 11.3 Å². The first-order valence-electron chi connectivity index (χ1n) is 6.73. The van der Waals surface area contributed by atoms with Gasteiger partial charge in [-0.25, -0.2) is 0 Å². The topological polar surface area (TPSA) is 54.3 Å². The van der Waals surface area contributed by atoms with Gasteiger partial charge in [-0.3, -0.25) is 0 Å². The highest BCUT2D eigenvalue weighted by Crippen LogP contribution is 2.17. The summed E-state index contributed by atoms with van der Waals surface area (Å²) in [5.74, 6) is 0.741. The lowest BCUT2D eigenvalue weighted by Gasteiger charge is -2.20. The minimum atomic E-state index is 0.0865. The fraction of sp³-hybridized carbons (Fsp3) is 0.533. The first kappa shape index (κ1) is 13.9. The van der Waals surface area contributed by atoms with Crippen molar-refractivity contribution >= 4 is 0 Å². The van der Waals surface area contributed by atoms with Crippen molar-refractivity contribution in [3.63, 3.8) is 0 Å². The Morgan fingerprint density at radius 2 is 2.47 bits per heavy atom. The van der Waals surface area contributed by atoms with Crippen LogP contribution in [0.1, 0.15) is 25.3 Å². The summed E-state index contributed by atoms with van der Waals surface area (Å²) in [7, 11) is 0. The van der Waals surface area contributed by atoms with Crippen LogP contribution in [0.5, 0.6) is 5.75 Å². The lowest BCUT2D eigenvalue weighted by Crippen LogP contribution is -2.36. The van der Waals surface area contributed by atoms with Gasteiger partial charge in [-0.15, -0.1) is 0 Å². The quantitative estimate of drug-likeness (QED) is 0.852. The van der Waals surface area contributed by atoms with E-state index in [1.807, 2.05) is 24.3 Å². The smallest absolute Gasteiger partial charge is 0.174 e. The molecule has 1 aliphatic rings. The zero-order valence-corrected chi connectivity index (χ0v) is 11.3. The third-order valence-electron chi connectivity index (χ3n) is 3.35. The summed E-state index contributed by atoms with van der Waals surface area (Å²) in [6.07, 6.45) is 2.63. The molecule has 1 saturated heterocycles. The van der Waals surface area contributed by atoms with Gasteiger partial charge in [0.15, 0.2) is 6.61 Å². The Labute approximate surface area is 114 Å². The summed E-state index contributed by atoms with van der Waals surface area (Å²) in [5, 5.41) is 12.0.